The van der Waals surface area contributed by atoms with Crippen molar-refractivity contribution in [1.82, 2.24) is 24.1 Å². The van der Waals surface area contributed by atoms with Crippen LogP contribution >= 0.6 is 0 Å². The monoisotopic (exact) mass is 791 g/mol. The summed E-state index contributed by atoms with van der Waals surface area (Å²) < 4.78 is 4.71. The second-order valence-electron chi connectivity index (χ2n) is 15.6. The molecule has 0 N–H and O–H groups in total. The van der Waals surface area contributed by atoms with E-state index in [1.807, 2.05) is 24.3 Å². The van der Waals surface area contributed by atoms with Crippen LogP contribution in [-0.2, 0) is 0 Å². The summed E-state index contributed by atoms with van der Waals surface area (Å²) in [5, 5.41) is 4.62. The highest BCUT2D eigenvalue weighted by atomic mass is 15.2. The molecule has 0 aliphatic heterocycles. The molecule has 12 aromatic rings. The topological polar surface area (TPSA) is 48.5 Å². The van der Waals surface area contributed by atoms with Crippen molar-refractivity contribution in [2.45, 2.75) is 0 Å². The lowest BCUT2D eigenvalue weighted by Gasteiger charge is -2.17. The molecule has 0 aliphatic rings. The highest BCUT2D eigenvalue weighted by Gasteiger charge is 2.24. The minimum absolute atomic E-state index is 0.559. The Kier molecular flexibility index (Phi) is 8.42. The van der Waals surface area contributed by atoms with Gasteiger partial charge in [-0.3, -0.25) is 4.57 Å². The van der Waals surface area contributed by atoms with E-state index in [9.17, 15) is 0 Å². The van der Waals surface area contributed by atoms with Gasteiger partial charge in [-0.1, -0.05) is 194 Å². The van der Waals surface area contributed by atoms with Crippen molar-refractivity contribution in [3.05, 3.63) is 224 Å². The minimum atomic E-state index is 0.559. The predicted octanol–water partition coefficient (Wildman–Crippen LogP) is 14.4. The standard InChI is InChI=1S/C57H37N5/c1-5-18-38(19-6-1)42-26-17-27-44(36-42)56-58-55(41-24-11-4-12-25-41)59-57(60-56)62-50-31-16-14-29-48(50)53-51(62)35-34-47-46-28-13-15-30-49(46)61(54(47)53)52-37-43(39-20-7-2-8-21-39)32-33-45(52)40-22-9-3-10-23-40/h1-37H. The second-order valence-corrected chi connectivity index (χ2v) is 15.6. The number of benzene rings is 9. The van der Waals surface area contributed by atoms with Crippen LogP contribution in [0.4, 0.5) is 0 Å². The molecule has 5 nitrogen and oxygen atoms in total. The summed E-state index contributed by atoms with van der Waals surface area (Å²) in [6.07, 6.45) is 0. The van der Waals surface area contributed by atoms with Crippen LogP contribution in [0.3, 0.4) is 0 Å². The predicted molar refractivity (Wildman–Crippen MR) is 256 cm³/mol. The highest BCUT2D eigenvalue weighted by molar-refractivity contribution is 6.26. The smallest absolute Gasteiger partial charge is 0.238 e. The van der Waals surface area contributed by atoms with Gasteiger partial charge in [0.2, 0.25) is 5.95 Å². The van der Waals surface area contributed by atoms with Gasteiger partial charge in [-0.25, -0.2) is 4.98 Å². The maximum Gasteiger partial charge on any atom is 0.238 e. The van der Waals surface area contributed by atoms with Crippen molar-refractivity contribution in [3.8, 4) is 67.8 Å². The molecule has 0 radical (unpaired) electrons. The van der Waals surface area contributed by atoms with Gasteiger partial charge in [-0.15, -0.1) is 0 Å². The van der Waals surface area contributed by atoms with E-state index < -0.39 is 0 Å². The third-order valence-electron chi connectivity index (χ3n) is 12.0. The van der Waals surface area contributed by atoms with Gasteiger partial charge in [0.05, 0.1) is 27.8 Å². The van der Waals surface area contributed by atoms with E-state index >= 15 is 0 Å². The van der Waals surface area contributed by atoms with Crippen molar-refractivity contribution in [3.63, 3.8) is 0 Å². The molecule has 62 heavy (non-hydrogen) atoms. The molecule has 0 spiro atoms. The van der Waals surface area contributed by atoms with Crippen LogP contribution in [0.1, 0.15) is 0 Å². The summed E-state index contributed by atoms with van der Waals surface area (Å²) in [6, 6.07) is 79.3. The largest absolute Gasteiger partial charge is 0.308 e. The van der Waals surface area contributed by atoms with Crippen LogP contribution in [-0.4, -0.2) is 24.1 Å². The van der Waals surface area contributed by atoms with Crippen LogP contribution in [0, 0.1) is 0 Å². The molecule has 0 unspecified atom stereocenters. The van der Waals surface area contributed by atoms with Gasteiger partial charge < -0.3 is 4.57 Å². The number of para-hydroxylation sites is 2. The Morgan fingerprint density at radius 3 is 1.48 bits per heavy atom. The molecule has 0 saturated heterocycles. The van der Waals surface area contributed by atoms with E-state index in [0.29, 0.717) is 17.6 Å². The summed E-state index contributed by atoms with van der Waals surface area (Å²) in [6.45, 7) is 0. The molecule has 3 aromatic heterocycles. The van der Waals surface area contributed by atoms with Crippen molar-refractivity contribution in [2.75, 3.05) is 0 Å². The summed E-state index contributed by atoms with van der Waals surface area (Å²) in [5.74, 6) is 1.78. The van der Waals surface area contributed by atoms with Crippen molar-refractivity contribution in [1.29, 1.82) is 0 Å². The van der Waals surface area contributed by atoms with Gasteiger partial charge in [0.1, 0.15) is 0 Å². The Bertz CT molecular complexity index is 3610. The molecular formula is C57H37N5. The Labute approximate surface area is 358 Å². The highest BCUT2D eigenvalue weighted by Crippen LogP contribution is 2.44. The first-order chi connectivity index (χ1) is 30.8. The summed E-state index contributed by atoms with van der Waals surface area (Å²) in [7, 11) is 0. The van der Waals surface area contributed by atoms with Gasteiger partial charge in [0, 0.05) is 38.2 Å². The van der Waals surface area contributed by atoms with Crippen LogP contribution in [0.15, 0.2) is 224 Å². The number of hydrogen-bond donors (Lipinski definition) is 0. The Morgan fingerprint density at radius 1 is 0.290 bits per heavy atom. The second kappa shape index (κ2) is 14.7. The van der Waals surface area contributed by atoms with E-state index in [2.05, 4.69) is 209 Å². The molecule has 0 atom stereocenters. The van der Waals surface area contributed by atoms with E-state index in [0.717, 1.165) is 77.5 Å². The molecule has 290 valence electrons. The maximum atomic E-state index is 5.34. The third kappa shape index (κ3) is 5.90. The first kappa shape index (κ1) is 35.5. The number of fused-ring (bicyclic) bond motifs is 7. The first-order valence-corrected chi connectivity index (χ1v) is 21.0. The van der Waals surface area contributed by atoms with E-state index in [1.165, 1.54) is 16.3 Å². The molecule has 0 bridgehead atoms. The summed E-state index contributed by atoms with van der Waals surface area (Å²) in [5.41, 5.74) is 14.1. The molecule has 0 fully saturated rings. The first-order valence-electron chi connectivity index (χ1n) is 21.0. The minimum Gasteiger partial charge on any atom is -0.308 e. The molecular weight excluding hydrogens is 755 g/mol. The fourth-order valence-electron chi connectivity index (χ4n) is 9.14. The average Bonchev–Trinajstić information content (AvgIpc) is 3.88. The number of rotatable bonds is 7. The fraction of sp³-hybridized carbons (Fsp3) is 0. The quantitative estimate of drug-likeness (QED) is 0.162. The zero-order valence-electron chi connectivity index (χ0n) is 33.6. The SMILES string of the molecule is c1ccc(-c2cccc(-c3nc(-c4ccccc4)nc(-n4c5ccccc5c5c4ccc4c6ccccc6n(-c6cc(-c7ccccc7)ccc6-c6ccccc6)c45)n3)c2)cc1. The van der Waals surface area contributed by atoms with Gasteiger partial charge in [0.15, 0.2) is 11.6 Å². The Hall–Kier alpha value is -8.41. The van der Waals surface area contributed by atoms with E-state index in [1.54, 1.807) is 0 Å². The van der Waals surface area contributed by atoms with E-state index in [-0.39, 0.29) is 0 Å². The Balaban J connectivity index is 1.17. The van der Waals surface area contributed by atoms with Crippen LogP contribution in [0.25, 0.3) is 111 Å². The zero-order valence-corrected chi connectivity index (χ0v) is 33.6. The molecule has 5 heteroatoms. The number of hydrogen-bond acceptors (Lipinski definition) is 3. The number of nitrogens with zero attached hydrogens (tertiary/aromatic N) is 5. The lowest BCUT2D eigenvalue weighted by Crippen LogP contribution is -2.06. The zero-order chi connectivity index (χ0) is 41.0. The fourth-order valence-corrected chi connectivity index (χ4v) is 9.14. The molecule has 0 aliphatic carbocycles. The maximum absolute atomic E-state index is 5.34. The molecule has 3 heterocycles. The average molecular weight is 792 g/mol. The van der Waals surface area contributed by atoms with Crippen molar-refractivity contribution in [2.24, 2.45) is 0 Å². The van der Waals surface area contributed by atoms with Crippen LogP contribution in [0.2, 0.25) is 0 Å². The molecule has 9 aromatic carbocycles. The van der Waals surface area contributed by atoms with Crippen molar-refractivity contribution >= 4 is 43.6 Å². The summed E-state index contributed by atoms with van der Waals surface area (Å²) in [4.78, 5) is 15.8. The van der Waals surface area contributed by atoms with Crippen molar-refractivity contribution < 1.29 is 0 Å². The van der Waals surface area contributed by atoms with Crippen LogP contribution < -0.4 is 0 Å². The molecule has 0 amide bonds. The lowest BCUT2D eigenvalue weighted by atomic mass is 9.97. The van der Waals surface area contributed by atoms with Gasteiger partial charge >= 0.3 is 0 Å². The normalized spacial score (nSPS) is 11.5. The van der Waals surface area contributed by atoms with Gasteiger partial charge in [-0.2, -0.15) is 9.97 Å². The van der Waals surface area contributed by atoms with E-state index in [4.69, 9.17) is 15.0 Å². The third-order valence-corrected chi connectivity index (χ3v) is 12.0. The van der Waals surface area contributed by atoms with Gasteiger partial charge in [0.25, 0.3) is 0 Å². The Morgan fingerprint density at radius 2 is 0.806 bits per heavy atom. The van der Waals surface area contributed by atoms with Gasteiger partial charge in [-0.05, 0) is 58.1 Å². The summed E-state index contributed by atoms with van der Waals surface area (Å²) >= 11 is 0. The molecule has 12 rings (SSSR count). The van der Waals surface area contributed by atoms with Crippen LogP contribution in [0.5, 0.6) is 0 Å². The lowest BCUT2D eigenvalue weighted by molar-refractivity contribution is 0.953. The molecule has 0 saturated carbocycles. The number of aromatic nitrogens is 5.